The summed E-state index contributed by atoms with van der Waals surface area (Å²) < 4.78 is 0. The predicted molar refractivity (Wildman–Crippen MR) is 101 cm³/mol. The van der Waals surface area contributed by atoms with E-state index >= 15 is 0 Å². The fraction of sp³-hybridized carbons (Fsp3) is 0.0500. The van der Waals surface area contributed by atoms with E-state index in [9.17, 15) is 14.9 Å². The van der Waals surface area contributed by atoms with Crippen molar-refractivity contribution in [2.75, 3.05) is 4.90 Å². The van der Waals surface area contributed by atoms with Crippen molar-refractivity contribution in [2.24, 2.45) is 0 Å². The van der Waals surface area contributed by atoms with Gasteiger partial charge in [-0.25, -0.2) is 0 Å². The highest BCUT2D eigenvalue weighted by Gasteiger charge is 2.35. The number of thioether (sulfide) groups is 1. The highest BCUT2D eigenvalue weighted by molar-refractivity contribution is 7.99. The second-order valence-corrected chi connectivity index (χ2v) is 6.95. The lowest BCUT2D eigenvalue weighted by Crippen LogP contribution is -2.36. The summed E-state index contributed by atoms with van der Waals surface area (Å²) in [5, 5.41) is 10.6. The molecule has 1 heterocycles. The summed E-state index contributed by atoms with van der Waals surface area (Å²) in [6, 6.07) is 23.4. The van der Waals surface area contributed by atoms with Crippen LogP contribution in [-0.2, 0) is 0 Å². The predicted octanol–water partition coefficient (Wildman–Crippen LogP) is 5.05. The Hall–Kier alpha value is -3.12. The molecule has 1 atom stereocenters. The number of anilines is 1. The summed E-state index contributed by atoms with van der Waals surface area (Å²) in [5.74, 6) is -0.0751. The summed E-state index contributed by atoms with van der Waals surface area (Å²) in [7, 11) is 0. The molecular formula is C20H14N2O3S. The van der Waals surface area contributed by atoms with Crippen LogP contribution in [0.5, 0.6) is 0 Å². The van der Waals surface area contributed by atoms with Gasteiger partial charge < -0.3 is 0 Å². The van der Waals surface area contributed by atoms with Gasteiger partial charge in [0.05, 0.1) is 10.5 Å². The highest BCUT2D eigenvalue weighted by atomic mass is 32.2. The van der Waals surface area contributed by atoms with Gasteiger partial charge in [-0.05, 0) is 42.0 Å². The first-order valence-corrected chi connectivity index (χ1v) is 8.92. The maximum Gasteiger partial charge on any atom is 0.269 e. The number of nitro groups is 1. The second-order valence-electron chi connectivity index (χ2n) is 5.83. The van der Waals surface area contributed by atoms with Crippen molar-refractivity contribution in [1.29, 1.82) is 0 Å². The molecule has 4 rings (SSSR count). The molecular weight excluding hydrogens is 348 g/mol. The Morgan fingerprint density at radius 2 is 1.54 bits per heavy atom. The molecule has 1 aliphatic heterocycles. The number of benzene rings is 3. The van der Waals surface area contributed by atoms with E-state index in [4.69, 9.17) is 0 Å². The van der Waals surface area contributed by atoms with Crippen molar-refractivity contribution in [1.82, 2.24) is 0 Å². The molecule has 6 heteroatoms. The molecule has 3 aromatic rings. The molecule has 128 valence electrons. The van der Waals surface area contributed by atoms with Crippen LogP contribution in [0.1, 0.15) is 21.3 Å². The fourth-order valence-electron chi connectivity index (χ4n) is 2.97. The lowest BCUT2D eigenvalue weighted by Gasteiger charge is -2.36. The quantitative estimate of drug-likeness (QED) is 0.483. The van der Waals surface area contributed by atoms with Crippen molar-refractivity contribution < 1.29 is 9.72 Å². The van der Waals surface area contributed by atoms with E-state index in [-0.39, 0.29) is 17.0 Å². The third-order valence-electron chi connectivity index (χ3n) is 4.23. The number of carbonyl (C=O) groups is 1. The van der Waals surface area contributed by atoms with E-state index in [0.717, 1.165) is 16.1 Å². The molecule has 0 saturated carbocycles. The van der Waals surface area contributed by atoms with Gasteiger partial charge in [-0.3, -0.25) is 19.8 Å². The molecule has 5 nitrogen and oxygen atoms in total. The van der Waals surface area contributed by atoms with E-state index in [1.54, 1.807) is 28.8 Å². The monoisotopic (exact) mass is 362 g/mol. The Kier molecular flexibility index (Phi) is 4.18. The average molecular weight is 362 g/mol. The van der Waals surface area contributed by atoms with Crippen molar-refractivity contribution in [3.05, 3.63) is 100 Å². The Labute approximate surface area is 154 Å². The Bertz CT molecular complexity index is 974. The summed E-state index contributed by atoms with van der Waals surface area (Å²) >= 11 is 1.57. The minimum atomic E-state index is -0.423. The first-order valence-electron chi connectivity index (χ1n) is 8.04. The number of para-hydroxylation sites is 1. The molecule has 0 bridgehead atoms. The second kappa shape index (κ2) is 6.65. The molecule has 1 amide bonds. The fourth-order valence-corrected chi connectivity index (χ4v) is 4.27. The molecule has 0 radical (unpaired) electrons. The first kappa shape index (κ1) is 16.4. The number of fused-ring (bicyclic) bond motifs is 1. The molecule has 0 saturated heterocycles. The number of hydrogen-bond donors (Lipinski definition) is 0. The zero-order valence-corrected chi connectivity index (χ0v) is 14.4. The number of nitrogens with zero attached hydrogens (tertiary/aromatic N) is 2. The van der Waals surface area contributed by atoms with Crippen LogP contribution in [0.15, 0.2) is 83.8 Å². The van der Waals surface area contributed by atoms with Crippen LogP contribution in [0.3, 0.4) is 0 Å². The van der Waals surface area contributed by atoms with Crippen LogP contribution in [0.25, 0.3) is 0 Å². The van der Waals surface area contributed by atoms with Gasteiger partial charge in [-0.1, -0.05) is 42.1 Å². The van der Waals surface area contributed by atoms with Crippen molar-refractivity contribution in [2.45, 2.75) is 10.3 Å². The van der Waals surface area contributed by atoms with E-state index in [2.05, 4.69) is 0 Å². The average Bonchev–Trinajstić information content (AvgIpc) is 2.68. The zero-order valence-electron chi connectivity index (χ0n) is 13.6. The Balaban J connectivity index is 1.82. The van der Waals surface area contributed by atoms with Crippen molar-refractivity contribution in [3.63, 3.8) is 0 Å². The third kappa shape index (κ3) is 2.84. The van der Waals surface area contributed by atoms with Gasteiger partial charge in [0.2, 0.25) is 0 Å². The third-order valence-corrected chi connectivity index (χ3v) is 5.55. The minimum Gasteiger partial charge on any atom is -0.291 e. The van der Waals surface area contributed by atoms with Gasteiger partial charge in [0.25, 0.3) is 11.6 Å². The van der Waals surface area contributed by atoms with E-state index in [1.807, 2.05) is 54.6 Å². The van der Waals surface area contributed by atoms with Crippen molar-refractivity contribution in [3.8, 4) is 0 Å². The standard InChI is InChI=1S/C20H14N2O3S/c23-19-17-8-4-5-9-18(17)26-20(21(19)15-6-2-1-3-7-15)14-10-12-16(13-11-14)22(24)25/h1-13,20H/t20-/m0/s1. The largest absolute Gasteiger partial charge is 0.291 e. The topological polar surface area (TPSA) is 63.4 Å². The van der Waals surface area contributed by atoms with Crippen LogP contribution in [0, 0.1) is 10.1 Å². The molecule has 0 spiro atoms. The molecule has 3 aromatic carbocycles. The lowest BCUT2D eigenvalue weighted by atomic mass is 10.1. The van der Waals surface area contributed by atoms with Crippen LogP contribution in [0.2, 0.25) is 0 Å². The number of carbonyl (C=O) groups excluding carboxylic acids is 1. The maximum atomic E-state index is 13.2. The van der Waals surface area contributed by atoms with Crippen molar-refractivity contribution >= 4 is 29.0 Å². The molecule has 0 aromatic heterocycles. The van der Waals surface area contributed by atoms with Gasteiger partial charge in [-0.2, -0.15) is 0 Å². The normalized spacial score (nSPS) is 16.2. The summed E-state index contributed by atoms with van der Waals surface area (Å²) in [4.78, 5) is 26.3. The molecule has 0 N–H and O–H groups in total. The van der Waals surface area contributed by atoms with E-state index in [0.29, 0.717) is 5.56 Å². The van der Waals surface area contributed by atoms with Crippen LogP contribution < -0.4 is 4.90 Å². The van der Waals surface area contributed by atoms with E-state index in [1.165, 1.54) is 12.1 Å². The minimum absolute atomic E-state index is 0.0348. The number of nitro benzene ring substituents is 1. The number of hydrogen-bond acceptors (Lipinski definition) is 4. The molecule has 0 aliphatic carbocycles. The van der Waals surface area contributed by atoms with Gasteiger partial charge in [0, 0.05) is 22.7 Å². The van der Waals surface area contributed by atoms with Gasteiger partial charge in [0.1, 0.15) is 5.37 Å². The molecule has 0 unspecified atom stereocenters. The van der Waals surface area contributed by atoms with Gasteiger partial charge in [0.15, 0.2) is 0 Å². The van der Waals surface area contributed by atoms with Crippen LogP contribution >= 0.6 is 11.8 Å². The van der Waals surface area contributed by atoms with Crippen LogP contribution in [0.4, 0.5) is 11.4 Å². The van der Waals surface area contributed by atoms with Crippen LogP contribution in [-0.4, -0.2) is 10.8 Å². The lowest BCUT2D eigenvalue weighted by molar-refractivity contribution is -0.384. The number of rotatable bonds is 3. The number of non-ortho nitro benzene ring substituents is 1. The highest BCUT2D eigenvalue weighted by Crippen LogP contribution is 2.46. The summed E-state index contributed by atoms with van der Waals surface area (Å²) in [5.41, 5.74) is 2.34. The Morgan fingerprint density at radius 3 is 2.23 bits per heavy atom. The molecule has 26 heavy (non-hydrogen) atoms. The number of amides is 1. The maximum absolute atomic E-state index is 13.2. The van der Waals surface area contributed by atoms with Gasteiger partial charge in [-0.15, -0.1) is 0 Å². The SMILES string of the molecule is O=C1c2ccccc2S[C@@H](c2ccc([N+](=O)[O-])cc2)N1c1ccccc1. The first-order chi connectivity index (χ1) is 12.6. The summed E-state index contributed by atoms with van der Waals surface area (Å²) in [6.07, 6.45) is 0. The molecule has 1 aliphatic rings. The molecule has 0 fully saturated rings. The smallest absolute Gasteiger partial charge is 0.269 e. The zero-order chi connectivity index (χ0) is 18.1. The summed E-state index contributed by atoms with van der Waals surface area (Å²) in [6.45, 7) is 0. The van der Waals surface area contributed by atoms with Gasteiger partial charge >= 0.3 is 0 Å². The Morgan fingerprint density at radius 1 is 0.885 bits per heavy atom. The van der Waals surface area contributed by atoms with E-state index < -0.39 is 4.92 Å².